The smallest absolute Gasteiger partial charge is 0.275 e. The van der Waals surface area contributed by atoms with E-state index in [1.165, 1.54) is 11.3 Å². The molecule has 0 spiro atoms. The monoisotopic (exact) mass is 442 g/mol. The van der Waals surface area contributed by atoms with Gasteiger partial charge in [-0.3, -0.25) is 9.78 Å². The van der Waals surface area contributed by atoms with Crippen molar-refractivity contribution in [2.45, 2.75) is 13.5 Å². The number of aromatic nitrogens is 3. The van der Waals surface area contributed by atoms with E-state index >= 15 is 0 Å². The Morgan fingerprint density at radius 2 is 1.97 bits per heavy atom. The Bertz CT molecular complexity index is 1440. The van der Waals surface area contributed by atoms with E-state index in [0.717, 1.165) is 43.9 Å². The molecule has 0 unspecified atom stereocenters. The maximum Gasteiger partial charge on any atom is 0.275 e. The van der Waals surface area contributed by atoms with Gasteiger partial charge in [-0.25, -0.2) is 4.98 Å². The van der Waals surface area contributed by atoms with Gasteiger partial charge in [-0.15, -0.1) is 11.3 Å². The molecule has 2 aromatic carbocycles. The molecule has 0 saturated heterocycles. The summed E-state index contributed by atoms with van der Waals surface area (Å²) < 4.78 is 7.49. The van der Waals surface area contributed by atoms with Gasteiger partial charge in [-0.1, -0.05) is 24.3 Å². The van der Waals surface area contributed by atoms with E-state index in [4.69, 9.17) is 4.74 Å². The van der Waals surface area contributed by atoms with E-state index in [-0.39, 0.29) is 5.91 Å². The van der Waals surface area contributed by atoms with Crippen LogP contribution in [0.2, 0.25) is 0 Å². The highest BCUT2D eigenvalue weighted by molar-refractivity contribution is 7.13. The van der Waals surface area contributed by atoms with Gasteiger partial charge in [0, 0.05) is 41.0 Å². The summed E-state index contributed by atoms with van der Waals surface area (Å²) in [4.78, 5) is 22.2. The third kappa shape index (κ3) is 3.77. The molecule has 0 fully saturated rings. The van der Waals surface area contributed by atoms with E-state index in [0.29, 0.717) is 18.8 Å². The van der Waals surface area contributed by atoms with Crippen molar-refractivity contribution in [2.75, 3.05) is 19.0 Å². The number of pyridine rings is 1. The molecule has 160 valence electrons. The second-order valence-corrected chi connectivity index (χ2v) is 8.41. The largest absolute Gasteiger partial charge is 0.383 e. The first-order chi connectivity index (χ1) is 15.6. The maximum absolute atomic E-state index is 13.0. The second-order valence-electron chi connectivity index (χ2n) is 7.55. The molecule has 5 rings (SSSR count). The van der Waals surface area contributed by atoms with Gasteiger partial charge in [-0.05, 0) is 43.3 Å². The highest BCUT2D eigenvalue weighted by atomic mass is 32.1. The van der Waals surface area contributed by atoms with Crippen LogP contribution < -0.4 is 5.32 Å². The van der Waals surface area contributed by atoms with Crippen LogP contribution in [0.5, 0.6) is 0 Å². The van der Waals surface area contributed by atoms with Crippen molar-refractivity contribution in [3.63, 3.8) is 0 Å². The highest BCUT2D eigenvalue weighted by Crippen LogP contribution is 2.31. The quantitative estimate of drug-likeness (QED) is 0.376. The van der Waals surface area contributed by atoms with Crippen molar-refractivity contribution < 1.29 is 9.53 Å². The van der Waals surface area contributed by atoms with Crippen LogP contribution in [0.1, 0.15) is 16.2 Å². The number of carbonyl (C=O) groups is 1. The Morgan fingerprint density at radius 1 is 1.09 bits per heavy atom. The number of carbonyl (C=O) groups excluding carboxylic acids is 1. The van der Waals surface area contributed by atoms with Crippen LogP contribution in [0.3, 0.4) is 0 Å². The molecule has 6 nitrogen and oxygen atoms in total. The van der Waals surface area contributed by atoms with Crippen molar-refractivity contribution in [1.82, 2.24) is 14.5 Å². The number of hydrogen-bond donors (Lipinski definition) is 1. The molecule has 1 amide bonds. The predicted molar refractivity (Wildman–Crippen MR) is 129 cm³/mol. The van der Waals surface area contributed by atoms with Gasteiger partial charge in [-0.2, -0.15) is 0 Å². The van der Waals surface area contributed by atoms with E-state index in [9.17, 15) is 4.79 Å². The Hall–Kier alpha value is -3.55. The Labute approximate surface area is 189 Å². The molecule has 7 heteroatoms. The molecule has 32 heavy (non-hydrogen) atoms. The number of benzene rings is 2. The van der Waals surface area contributed by atoms with Gasteiger partial charge < -0.3 is 14.6 Å². The van der Waals surface area contributed by atoms with Crippen molar-refractivity contribution in [2.24, 2.45) is 0 Å². The maximum atomic E-state index is 13.0. The third-order valence-electron chi connectivity index (χ3n) is 5.40. The number of hydrogen-bond acceptors (Lipinski definition) is 5. The van der Waals surface area contributed by atoms with Crippen LogP contribution in [0.4, 0.5) is 5.69 Å². The first kappa shape index (κ1) is 20.4. The molecule has 1 N–H and O–H groups in total. The first-order valence-corrected chi connectivity index (χ1v) is 11.2. The van der Waals surface area contributed by atoms with Gasteiger partial charge in [0.15, 0.2) is 0 Å². The van der Waals surface area contributed by atoms with Crippen LogP contribution >= 0.6 is 11.3 Å². The number of rotatable bonds is 6. The first-order valence-electron chi connectivity index (χ1n) is 10.3. The van der Waals surface area contributed by atoms with E-state index in [1.807, 2.05) is 49.4 Å². The van der Waals surface area contributed by atoms with Crippen molar-refractivity contribution in [3.8, 4) is 10.7 Å². The van der Waals surface area contributed by atoms with Crippen molar-refractivity contribution in [3.05, 3.63) is 77.4 Å². The summed E-state index contributed by atoms with van der Waals surface area (Å²) in [5.41, 5.74) is 5.02. The normalized spacial score (nSPS) is 11.3. The zero-order valence-corrected chi connectivity index (χ0v) is 18.6. The molecule has 0 aliphatic rings. The van der Waals surface area contributed by atoms with E-state index in [2.05, 4.69) is 38.1 Å². The number of ether oxygens (including phenoxy) is 1. The molecule has 5 aromatic rings. The van der Waals surface area contributed by atoms with Gasteiger partial charge in [0.05, 0.1) is 23.5 Å². The number of thiazole rings is 1. The van der Waals surface area contributed by atoms with Crippen molar-refractivity contribution >= 4 is 44.7 Å². The van der Waals surface area contributed by atoms with Crippen LogP contribution in [-0.2, 0) is 11.3 Å². The fraction of sp³-hybridized carbons (Fsp3) is 0.160. The van der Waals surface area contributed by atoms with Crippen LogP contribution in [0, 0.1) is 6.92 Å². The lowest BCUT2D eigenvalue weighted by Gasteiger charge is -2.09. The topological polar surface area (TPSA) is 69.0 Å². The summed E-state index contributed by atoms with van der Waals surface area (Å²) in [6, 6.07) is 20.0. The zero-order chi connectivity index (χ0) is 22.1. The lowest BCUT2D eigenvalue weighted by Crippen LogP contribution is -2.13. The Morgan fingerprint density at radius 3 is 2.84 bits per heavy atom. The summed E-state index contributed by atoms with van der Waals surface area (Å²) in [5.74, 6) is -0.236. The second kappa shape index (κ2) is 8.53. The number of aryl methyl sites for hydroxylation is 1. The minimum Gasteiger partial charge on any atom is -0.383 e. The number of methoxy groups -OCH3 is 1. The number of nitrogens with zero attached hydrogens (tertiary/aromatic N) is 3. The Kier molecular flexibility index (Phi) is 5.43. The average molecular weight is 443 g/mol. The predicted octanol–water partition coefficient (Wildman–Crippen LogP) is 5.52. The van der Waals surface area contributed by atoms with Gasteiger partial charge in [0.1, 0.15) is 10.7 Å². The summed E-state index contributed by atoms with van der Waals surface area (Å²) in [5, 5.41) is 7.65. The lowest BCUT2D eigenvalue weighted by atomic mass is 10.1. The number of fused-ring (bicyclic) bond motifs is 2. The molecule has 3 heterocycles. The minimum absolute atomic E-state index is 0.236. The molecule has 0 atom stereocenters. The van der Waals surface area contributed by atoms with Crippen LogP contribution in [0.15, 0.2) is 66.0 Å². The minimum atomic E-state index is -0.236. The molecule has 0 saturated carbocycles. The zero-order valence-electron chi connectivity index (χ0n) is 17.8. The van der Waals surface area contributed by atoms with Crippen LogP contribution in [0.25, 0.3) is 32.5 Å². The third-order valence-corrected chi connectivity index (χ3v) is 6.27. The number of anilines is 1. The molecular weight excluding hydrogens is 420 g/mol. The summed E-state index contributed by atoms with van der Waals surface area (Å²) >= 11 is 1.46. The molecule has 0 aliphatic carbocycles. The van der Waals surface area contributed by atoms with Crippen molar-refractivity contribution in [1.29, 1.82) is 0 Å². The van der Waals surface area contributed by atoms with E-state index in [1.54, 1.807) is 12.5 Å². The molecule has 0 bridgehead atoms. The fourth-order valence-corrected chi connectivity index (χ4v) is 4.68. The van der Waals surface area contributed by atoms with E-state index < -0.39 is 0 Å². The van der Waals surface area contributed by atoms with Gasteiger partial charge >= 0.3 is 0 Å². The standard InChI is InChI=1S/C25H22N4O2S/c1-16-10-11-18-19(26-16)7-5-8-20(18)27-24(30)21-15-32-25(28-21)23-14-17-6-3-4-9-22(17)29(23)12-13-31-2/h3-11,14-15H,12-13H2,1-2H3,(H,27,30). The fourth-order valence-electron chi connectivity index (χ4n) is 3.86. The summed E-state index contributed by atoms with van der Waals surface area (Å²) in [7, 11) is 1.70. The molecule has 0 aliphatic heterocycles. The number of nitrogens with one attached hydrogen (secondary N) is 1. The molecule has 3 aromatic heterocycles. The van der Waals surface area contributed by atoms with Crippen LogP contribution in [-0.4, -0.2) is 34.2 Å². The van der Waals surface area contributed by atoms with Gasteiger partial charge in [0.2, 0.25) is 0 Å². The number of para-hydroxylation sites is 1. The summed E-state index contributed by atoms with van der Waals surface area (Å²) in [6.45, 7) is 3.26. The number of amides is 1. The summed E-state index contributed by atoms with van der Waals surface area (Å²) in [6.07, 6.45) is 0. The lowest BCUT2D eigenvalue weighted by molar-refractivity contribution is 0.102. The molecular formula is C25H22N4O2S. The molecule has 0 radical (unpaired) electrons. The Balaban J connectivity index is 1.46. The highest BCUT2D eigenvalue weighted by Gasteiger charge is 2.17. The SMILES string of the molecule is COCCn1c(-c2nc(C(=O)Nc3cccc4nc(C)ccc34)cs2)cc2ccccc21. The average Bonchev–Trinajstić information content (AvgIpc) is 3.42. The van der Waals surface area contributed by atoms with Gasteiger partial charge in [0.25, 0.3) is 5.91 Å².